The number of benzene rings is 2. The van der Waals surface area contributed by atoms with Crippen molar-refractivity contribution in [1.29, 1.82) is 0 Å². The number of amides is 2. The number of hydrogen-bond donors (Lipinski definition) is 3. The van der Waals surface area contributed by atoms with Crippen LogP contribution in [0, 0.1) is 11.7 Å². The second-order valence-corrected chi connectivity index (χ2v) is 7.30. The van der Waals surface area contributed by atoms with Crippen LogP contribution < -0.4 is 16.8 Å². The molecule has 0 radical (unpaired) electrons. The van der Waals surface area contributed by atoms with E-state index in [4.69, 9.17) is 23.1 Å². The zero-order valence-electron chi connectivity index (χ0n) is 17.0. The number of halogens is 5. The molecule has 2 amide bonds. The Bertz CT molecular complexity index is 1250. The molecule has 3 aromatic rings. The number of carbonyl (C=O) groups is 3. The first-order valence-electron chi connectivity index (χ1n) is 9.40. The summed E-state index contributed by atoms with van der Waals surface area (Å²) in [5, 5.41) is 6.97. The van der Waals surface area contributed by atoms with E-state index >= 15 is 0 Å². The fraction of sp³-hybridized carbons (Fsp3) is 0.200. The fourth-order valence-electron chi connectivity index (χ4n) is 2.93. The van der Waals surface area contributed by atoms with Crippen molar-refractivity contribution in [2.45, 2.75) is 12.4 Å². The van der Waals surface area contributed by atoms with Gasteiger partial charge in [-0.05, 0) is 36.4 Å². The molecule has 2 atom stereocenters. The minimum absolute atomic E-state index is 0.0905. The Morgan fingerprint density at radius 3 is 2.38 bits per heavy atom. The van der Waals surface area contributed by atoms with Gasteiger partial charge in [0.05, 0.1) is 11.3 Å². The Kier molecular flexibility index (Phi) is 7.07. The zero-order chi connectivity index (χ0) is 25.2. The number of nitrogens with zero attached hydrogens (tertiary/aromatic N) is 2. The Labute approximate surface area is 193 Å². The lowest BCUT2D eigenvalue weighted by Gasteiger charge is -2.21. The van der Waals surface area contributed by atoms with Crippen LogP contribution in [-0.4, -0.2) is 45.8 Å². The monoisotopic (exact) mass is 501 g/mol. The highest BCUT2D eigenvalue weighted by Crippen LogP contribution is 2.23. The van der Waals surface area contributed by atoms with E-state index in [2.05, 4.69) is 15.2 Å². The molecule has 1 heterocycles. The van der Waals surface area contributed by atoms with Gasteiger partial charge in [-0.15, -0.1) is 11.6 Å². The highest BCUT2D eigenvalue weighted by atomic mass is 35.5. The molecule has 0 bridgehead atoms. The van der Waals surface area contributed by atoms with Gasteiger partial charge in [0.2, 0.25) is 5.91 Å². The summed E-state index contributed by atoms with van der Waals surface area (Å²) < 4.78 is 56.2. The van der Waals surface area contributed by atoms with E-state index in [1.54, 1.807) is 0 Å². The molecular weight excluding hydrogens is 486 g/mol. The average molecular weight is 502 g/mol. The summed E-state index contributed by atoms with van der Waals surface area (Å²) in [6.45, 7) is 0. The molecule has 0 saturated carbocycles. The lowest BCUT2D eigenvalue weighted by atomic mass is 10.1. The summed E-state index contributed by atoms with van der Waals surface area (Å²) in [5.74, 6) is -6.91. The molecule has 34 heavy (non-hydrogen) atoms. The molecule has 0 aliphatic carbocycles. The van der Waals surface area contributed by atoms with E-state index in [1.165, 1.54) is 41.2 Å². The molecule has 0 fully saturated rings. The van der Waals surface area contributed by atoms with E-state index in [-0.39, 0.29) is 16.8 Å². The van der Waals surface area contributed by atoms with Crippen LogP contribution in [0.1, 0.15) is 10.4 Å². The van der Waals surface area contributed by atoms with Gasteiger partial charge in [0.1, 0.15) is 17.3 Å². The van der Waals surface area contributed by atoms with Gasteiger partial charge < -0.3 is 15.8 Å². The number of alkyl halides is 4. The third-order valence-electron chi connectivity index (χ3n) is 4.61. The molecule has 180 valence electrons. The highest BCUT2D eigenvalue weighted by molar-refractivity contribution is 6.19. The maximum Gasteiger partial charge on any atom is 0.490 e. The number of primary amides is 1. The summed E-state index contributed by atoms with van der Waals surface area (Å²) in [6.07, 6.45) is -5.74. The SMILES string of the molecule is NC(=O)c1cc(F)cc2cn(-c3ccc(NC(=O)C(CCl)C(N)OC(=O)C(F)(F)F)cc3)nc12. The predicted molar refractivity (Wildman–Crippen MR) is 113 cm³/mol. The quantitative estimate of drug-likeness (QED) is 0.196. The van der Waals surface area contributed by atoms with Crippen LogP contribution in [-0.2, 0) is 14.3 Å². The van der Waals surface area contributed by atoms with Gasteiger partial charge in [-0.3, -0.25) is 15.3 Å². The molecule has 0 spiro atoms. The number of carbonyl (C=O) groups excluding carboxylic acids is 3. The van der Waals surface area contributed by atoms with Gasteiger partial charge in [0, 0.05) is 23.2 Å². The van der Waals surface area contributed by atoms with Crippen LogP contribution in [0.4, 0.5) is 23.2 Å². The van der Waals surface area contributed by atoms with Crippen molar-refractivity contribution in [1.82, 2.24) is 9.78 Å². The summed E-state index contributed by atoms with van der Waals surface area (Å²) in [7, 11) is 0. The average Bonchev–Trinajstić information content (AvgIpc) is 3.17. The van der Waals surface area contributed by atoms with Crippen molar-refractivity contribution in [3.63, 3.8) is 0 Å². The molecule has 2 aromatic carbocycles. The summed E-state index contributed by atoms with van der Waals surface area (Å²) in [6, 6.07) is 8.06. The first kappa shape index (κ1) is 24.9. The van der Waals surface area contributed by atoms with Crippen LogP contribution >= 0.6 is 11.6 Å². The fourth-order valence-corrected chi connectivity index (χ4v) is 3.25. The van der Waals surface area contributed by atoms with Gasteiger partial charge in [0.15, 0.2) is 6.23 Å². The lowest BCUT2D eigenvalue weighted by Crippen LogP contribution is -2.45. The smallest absolute Gasteiger partial charge is 0.439 e. The number of fused-ring (bicyclic) bond motifs is 1. The number of nitrogens with two attached hydrogens (primary N) is 2. The molecule has 5 N–H and O–H groups in total. The Balaban J connectivity index is 1.75. The third-order valence-corrected chi connectivity index (χ3v) is 4.94. The van der Waals surface area contributed by atoms with Gasteiger partial charge in [0.25, 0.3) is 5.91 Å². The van der Waals surface area contributed by atoms with Gasteiger partial charge in [-0.1, -0.05) is 0 Å². The van der Waals surface area contributed by atoms with Crippen LogP contribution in [0.25, 0.3) is 16.6 Å². The molecule has 3 rings (SSSR count). The Morgan fingerprint density at radius 2 is 1.82 bits per heavy atom. The molecule has 0 aliphatic heterocycles. The minimum Gasteiger partial charge on any atom is -0.439 e. The van der Waals surface area contributed by atoms with Gasteiger partial charge >= 0.3 is 12.1 Å². The number of rotatable bonds is 7. The maximum atomic E-state index is 13.7. The number of nitrogens with one attached hydrogen (secondary N) is 1. The van der Waals surface area contributed by atoms with Gasteiger partial charge in [-0.25, -0.2) is 13.9 Å². The standard InChI is InChI=1S/C20H16ClF4N5O4/c21-7-14(17(27)34-19(33)20(23,24)25)18(32)28-11-1-3-12(4-2-11)30-8-9-5-10(22)6-13(16(26)31)15(9)29-30/h1-6,8,14,17H,7,27H2,(H2,26,31)(H,28,32). The summed E-state index contributed by atoms with van der Waals surface area (Å²) >= 11 is 5.63. The number of anilines is 1. The van der Waals surface area contributed by atoms with Crippen LogP contribution in [0.15, 0.2) is 42.6 Å². The number of ether oxygens (including phenoxy) is 1. The summed E-state index contributed by atoms with van der Waals surface area (Å²) in [5.41, 5.74) is 11.5. The second kappa shape index (κ2) is 9.65. The molecule has 2 unspecified atom stereocenters. The van der Waals surface area contributed by atoms with E-state index in [0.717, 1.165) is 6.07 Å². The van der Waals surface area contributed by atoms with Crippen molar-refractivity contribution >= 4 is 46.0 Å². The Morgan fingerprint density at radius 1 is 1.18 bits per heavy atom. The predicted octanol–water partition coefficient (Wildman–Crippen LogP) is 2.45. The number of aromatic nitrogens is 2. The molecule has 0 saturated heterocycles. The van der Waals surface area contributed by atoms with Crippen molar-refractivity contribution < 1.29 is 36.7 Å². The van der Waals surface area contributed by atoms with E-state index in [1.807, 2.05) is 0 Å². The summed E-state index contributed by atoms with van der Waals surface area (Å²) in [4.78, 5) is 34.9. The van der Waals surface area contributed by atoms with Crippen LogP contribution in [0.5, 0.6) is 0 Å². The molecule has 14 heteroatoms. The number of hydrogen-bond acceptors (Lipinski definition) is 6. The van der Waals surface area contributed by atoms with E-state index < -0.39 is 47.8 Å². The first-order valence-corrected chi connectivity index (χ1v) is 9.93. The second-order valence-electron chi connectivity index (χ2n) is 6.99. The lowest BCUT2D eigenvalue weighted by molar-refractivity contribution is -0.206. The van der Waals surface area contributed by atoms with Crippen molar-refractivity contribution in [3.8, 4) is 5.69 Å². The van der Waals surface area contributed by atoms with E-state index in [0.29, 0.717) is 11.1 Å². The highest BCUT2D eigenvalue weighted by Gasteiger charge is 2.43. The van der Waals surface area contributed by atoms with Crippen molar-refractivity contribution in [2.75, 3.05) is 11.2 Å². The zero-order valence-corrected chi connectivity index (χ0v) is 17.7. The number of esters is 1. The van der Waals surface area contributed by atoms with Crippen LogP contribution in [0.2, 0.25) is 0 Å². The normalized spacial score (nSPS) is 13.4. The third kappa shape index (κ3) is 5.43. The topological polar surface area (TPSA) is 142 Å². The molecule has 0 aliphatic rings. The maximum absolute atomic E-state index is 13.7. The van der Waals surface area contributed by atoms with Crippen LogP contribution in [0.3, 0.4) is 0 Å². The first-order chi connectivity index (χ1) is 15.9. The van der Waals surface area contributed by atoms with Crippen molar-refractivity contribution in [2.24, 2.45) is 17.4 Å². The van der Waals surface area contributed by atoms with E-state index in [9.17, 15) is 31.9 Å². The Hall–Kier alpha value is -3.71. The van der Waals surface area contributed by atoms with Crippen molar-refractivity contribution in [3.05, 3.63) is 54.0 Å². The molecule has 9 nitrogen and oxygen atoms in total. The van der Waals surface area contributed by atoms with Gasteiger partial charge in [-0.2, -0.15) is 18.3 Å². The molecular formula is C20H16ClF4N5O4. The molecule has 1 aromatic heterocycles. The largest absolute Gasteiger partial charge is 0.490 e. The minimum atomic E-state index is -5.28.